The molecule has 0 unspecified atom stereocenters. The smallest absolute Gasteiger partial charge is 0.311 e. The van der Waals surface area contributed by atoms with Crippen LogP contribution in [0.3, 0.4) is 0 Å². The van der Waals surface area contributed by atoms with E-state index >= 15 is 0 Å². The van der Waals surface area contributed by atoms with E-state index in [1.807, 2.05) is 6.92 Å². The lowest BCUT2D eigenvalue weighted by molar-refractivity contribution is -0.152. The Bertz CT molecular complexity index is 1090. The first-order valence-corrected chi connectivity index (χ1v) is 8.82. The highest BCUT2D eigenvalue weighted by Crippen LogP contribution is 2.15. The van der Waals surface area contributed by atoms with Gasteiger partial charge in [0.15, 0.2) is 6.10 Å². The number of aryl methyl sites for hydroxylation is 2. The van der Waals surface area contributed by atoms with Crippen molar-refractivity contribution in [1.82, 2.24) is 19.6 Å². The van der Waals surface area contributed by atoms with Gasteiger partial charge in [-0.3, -0.25) is 14.4 Å². The van der Waals surface area contributed by atoms with Crippen molar-refractivity contribution < 1.29 is 19.1 Å². The Morgan fingerprint density at radius 3 is 2.55 bits per heavy atom. The van der Waals surface area contributed by atoms with Crippen molar-refractivity contribution in [3.63, 3.8) is 0 Å². The standard InChI is InChI=1S/C19H20N6O4/c1-10-15(11(2)25-19(23-10)21-9-22-25)8-16(26)29-12(3)18(28)24-14-6-4-13(5-7-14)17(20)27/h4-7,9,12H,8H2,1-3H3,(H2,20,27)(H,24,28)/t12-/m0/s1. The maximum absolute atomic E-state index is 12.4. The Kier molecular flexibility index (Phi) is 5.53. The van der Waals surface area contributed by atoms with Crippen LogP contribution >= 0.6 is 0 Å². The van der Waals surface area contributed by atoms with Crippen LogP contribution in [0.5, 0.6) is 0 Å². The number of nitrogens with one attached hydrogen (secondary N) is 1. The largest absolute Gasteiger partial charge is 0.452 e. The number of hydrogen-bond acceptors (Lipinski definition) is 7. The molecule has 2 aromatic heterocycles. The fraction of sp³-hybridized carbons (Fsp3) is 0.263. The summed E-state index contributed by atoms with van der Waals surface area (Å²) in [6.45, 7) is 5.06. The van der Waals surface area contributed by atoms with Crippen LogP contribution in [0, 0.1) is 13.8 Å². The van der Waals surface area contributed by atoms with Crippen LogP contribution in [-0.2, 0) is 20.7 Å². The van der Waals surface area contributed by atoms with Crippen molar-refractivity contribution in [2.75, 3.05) is 5.32 Å². The van der Waals surface area contributed by atoms with Gasteiger partial charge in [0.1, 0.15) is 6.33 Å². The molecule has 0 radical (unpaired) electrons. The summed E-state index contributed by atoms with van der Waals surface area (Å²) in [5.41, 5.74) is 8.00. The normalized spacial score (nSPS) is 11.8. The average molecular weight is 396 g/mol. The summed E-state index contributed by atoms with van der Waals surface area (Å²) in [4.78, 5) is 44.1. The van der Waals surface area contributed by atoms with E-state index in [1.54, 1.807) is 11.4 Å². The van der Waals surface area contributed by atoms with Gasteiger partial charge in [0, 0.05) is 28.2 Å². The lowest BCUT2D eigenvalue weighted by Crippen LogP contribution is -2.30. The summed E-state index contributed by atoms with van der Waals surface area (Å²) in [5, 5.41) is 6.70. The van der Waals surface area contributed by atoms with Crippen LogP contribution in [0.15, 0.2) is 30.6 Å². The molecular weight excluding hydrogens is 376 g/mol. The van der Waals surface area contributed by atoms with E-state index in [9.17, 15) is 14.4 Å². The maximum Gasteiger partial charge on any atom is 0.311 e. The van der Waals surface area contributed by atoms with Gasteiger partial charge in [-0.25, -0.2) is 9.50 Å². The Morgan fingerprint density at radius 2 is 1.90 bits per heavy atom. The number of fused-ring (bicyclic) bond motifs is 1. The number of aromatic nitrogens is 4. The molecule has 29 heavy (non-hydrogen) atoms. The number of benzene rings is 1. The number of ether oxygens (including phenoxy) is 1. The van der Waals surface area contributed by atoms with Crippen LogP contribution in [-0.4, -0.2) is 43.5 Å². The Morgan fingerprint density at radius 1 is 1.21 bits per heavy atom. The number of anilines is 1. The van der Waals surface area contributed by atoms with E-state index in [4.69, 9.17) is 10.5 Å². The number of primary amides is 1. The van der Waals surface area contributed by atoms with Crippen LogP contribution in [0.25, 0.3) is 5.78 Å². The van der Waals surface area contributed by atoms with Gasteiger partial charge in [0.25, 0.3) is 11.7 Å². The number of esters is 1. The minimum atomic E-state index is -1.01. The van der Waals surface area contributed by atoms with Gasteiger partial charge in [-0.2, -0.15) is 10.1 Å². The second-order valence-electron chi connectivity index (χ2n) is 6.47. The molecular formula is C19H20N6O4. The monoisotopic (exact) mass is 396 g/mol. The van der Waals surface area contributed by atoms with Gasteiger partial charge in [-0.05, 0) is 45.0 Å². The number of rotatable bonds is 6. The molecule has 0 aliphatic heterocycles. The SMILES string of the molecule is Cc1nc2ncnn2c(C)c1CC(=O)O[C@@H](C)C(=O)Nc1ccc(C(N)=O)cc1. The quantitative estimate of drug-likeness (QED) is 0.591. The van der Waals surface area contributed by atoms with Crippen molar-refractivity contribution in [2.45, 2.75) is 33.3 Å². The highest BCUT2D eigenvalue weighted by Gasteiger charge is 2.21. The van der Waals surface area contributed by atoms with Crippen LogP contribution in [0.4, 0.5) is 5.69 Å². The number of carbonyl (C=O) groups is 3. The fourth-order valence-corrected chi connectivity index (χ4v) is 2.81. The van der Waals surface area contributed by atoms with E-state index in [0.717, 1.165) is 5.69 Å². The highest BCUT2D eigenvalue weighted by molar-refractivity contribution is 5.96. The van der Waals surface area contributed by atoms with Gasteiger partial charge in [0.2, 0.25) is 5.91 Å². The number of carbonyl (C=O) groups excluding carboxylic acids is 3. The number of amides is 2. The first-order chi connectivity index (χ1) is 13.8. The summed E-state index contributed by atoms with van der Waals surface area (Å²) in [7, 11) is 0. The molecule has 0 bridgehead atoms. The minimum Gasteiger partial charge on any atom is -0.452 e. The summed E-state index contributed by atoms with van der Waals surface area (Å²) < 4.78 is 6.80. The molecule has 2 heterocycles. The predicted octanol–water partition coefficient (Wildman–Crippen LogP) is 0.953. The first kappa shape index (κ1) is 19.9. The predicted molar refractivity (Wildman–Crippen MR) is 103 cm³/mol. The Hall–Kier alpha value is -3.82. The minimum absolute atomic E-state index is 0.0502. The maximum atomic E-state index is 12.4. The second-order valence-corrected chi connectivity index (χ2v) is 6.47. The Balaban J connectivity index is 1.63. The average Bonchev–Trinajstić information content (AvgIpc) is 3.14. The van der Waals surface area contributed by atoms with E-state index in [1.165, 1.54) is 37.5 Å². The molecule has 0 spiro atoms. The topological polar surface area (TPSA) is 142 Å². The van der Waals surface area contributed by atoms with Crippen molar-refractivity contribution in [2.24, 2.45) is 5.73 Å². The lowest BCUT2D eigenvalue weighted by atomic mass is 10.1. The molecule has 2 amide bonds. The first-order valence-electron chi connectivity index (χ1n) is 8.82. The molecule has 150 valence electrons. The molecule has 3 aromatic rings. The zero-order valence-corrected chi connectivity index (χ0v) is 16.2. The molecule has 10 nitrogen and oxygen atoms in total. The second kappa shape index (κ2) is 8.05. The summed E-state index contributed by atoms with van der Waals surface area (Å²) in [5.74, 6) is -1.17. The van der Waals surface area contributed by atoms with Crippen molar-refractivity contribution in [3.05, 3.63) is 53.1 Å². The molecule has 0 saturated heterocycles. The van der Waals surface area contributed by atoms with Crippen molar-refractivity contribution in [1.29, 1.82) is 0 Å². The third-order valence-electron chi connectivity index (χ3n) is 4.42. The van der Waals surface area contributed by atoms with Gasteiger partial charge < -0.3 is 15.8 Å². The molecule has 3 rings (SSSR count). The number of hydrogen-bond donors (Lipinski definition) is 2. The highest BCUT2D eigenvalue weighted by atomic mass is 16.5. The number of nitrogens with two attached hydrogens (primary N) is 1. The number of nitrogens with zero attached hydrogens (tertiary/aromatic N) is 4. The van der Waals surface area contributed by atoms with E-state index in [0.29, 0.717) is 28.3 Å². The van der Waals surface area contributed by atoms with Crippen LogP contribution < -0.4 is 11.1 Å². The van der Waals surface area contributed by atoms with E-state index in [-0.39, 0.29) is 6.42 Å². The van der Waals surface area contributed by atoms with Crippen molar-refractivity contribution in [3.8, 4) is 0 Å². The third-order valence-corrected chi connectivity index (χ3v) is 4.42. The van der Waals surface area contributed by atoms with Gasteiger partial charge in [0.05, 0.1) is 6.42 Å². The van der Waals surface area contributed by atoms with E-state index in [2.05, 4.69) is 20.4 Å². The third kappa shape index (κ3) is 4.37. The molecule has 1 atom stereocenters. The summed E-state index contributed by atoms with van der Waals surface area (Å²) >= 11 is 0. The molecule has 10 heteroatoms. The zero-order chi connectivity index (χ0) is 21.1. The molecule has 0 saturated carbocycles. The van der Waals surface area contributed by atoms with Gasteiger partial charge in [-0.15, -0.1) is 0 Å². The molecule has 1 aromatic carbocycles. The van der Waals surface area contributed by atoms with Crippen LogP contribution in [0.2, 0.25) is 0 Å². The van der Waals surface area contributed by atoms with Crippen molar-refractivity contribution >= 4 is 29.2 Å². The summed E-state index contributed by atoms with van der Waals surface area (Å²) in [6, 6.07) is 6.07. The van der Waals surface area contributed by atoms with E-state index < -0.39 is 23.9 Å². The van der Waals surface area contributed by atoms with Gasteiger partial charge in [-0.1, -0.05) is 0 Å². The summed E-state index contributed by atoms with van der Waals surface area (Å²) in [6.07, 6.45) is 0.326. The van der Waals surface area contributed by atoms with Gasteiger partial charge >= 0.3 is 5.97 Å². The zero-order valence-electron chi connectivity index (χ0n) is 16.2. The molecule has 0 aliphatic carbocycles. The molecule has 0 fully saturated rings. The van der Waals surface area contributed by atoms with Crippen LogP contribution in [0.1, 0.15) is 34.2 Å². The Labute approximate surface area is 166 Å². The molecule has 3 N–H and O–H groups in total. The molecule has 0 aliphatic rings. The fourth-order valence-electron chi connectivity index (χ4n) is 2.81. The lowest BCUT2D eigenvalue weighted by Gasteiger charge is -2.15.